The van der Waals surface area contributed by atoms with Crippen LogP contribution >= 0.6 is 11.6 Å². The number of sulfonamides is 1. The molecule has 0 N–H and O–H groups in total. The maximum absolute atomic E-state index is 12.9. The molecule has 0 aliphatic carbocycles. The lowest BCUT2D eigenvalue weighted by Crippen LogP contribution is -2.39. The fourth-order valence-corrected chi connectivity index (χ4v) is 5.40. The number of hydrogen-bond acceptors (Lipinski definition) is 5. The molecular formula is C21H24ClN3O5S. The van der Waals surface area contributed by atoms with Crippen LogP contribution in [0.25, 0.3) is 0 Å². The summed E-state index contributed by atoms with van der Waals surface area (Å²) in [6.45, 7) is 3.10. The van der Waals surface area contributed by atoms with E-state index in [0.717, 1.165) is 12.8 Å². The third kappa shape index (κ3) is 5.23. The second kappa shape index (κ2) is 9.33. The average Bonchev–Trinajstić information content (AvgIpc) is 2.74. The van der Waals surface area contributed by atoms with Crippen molar-refractivity contribution >= 4 is 33.2 Å². The number of non-ortho nitro benzene ring substituents is 1. The summed E-state index contributed by atoms with van der Waals surface area (Å²) in [5.41, 5.74) is 0.655. The summed E-state index contributed by atoms with van der Waals surface area (Å²) in [6, 6.07) is 9.90. The van der Waals surface area contributed by atoms with Crippen molar-refractivity contribution in [3.63, 3.8) is 0 Å². The highest BCUT2D eigenvalue weighted by molar-refractivity contribution is 7.89. The molecule has 1 fully saturated rings. The molecule has 1 aliphatic heterocycles. The highest BCUT2D eigenvalue weighted by Crippen LogP contribution is 2.25. The van der Waals surface area contributed by atoms with E-state index in [1.807, 2.05) is 6.92 Å². The monoisotopic (exact) mass is 465 g/mol. The Balaban J connectivity index is 1.74. The molecule has 0 aromatic heterocycles. The second-order valence-electron chi connectivity index (χ2n) is 7.83. The zero-order valence-corrected chi connectivity index (χ0v) is 18.9. The summed E-state index contributed by atoms with van der Waals surface area (Å²) >= 11 is 6.12. The van der Waals surface area contributed by atoms with Crippen LogP contribution in [0, 0.1) is 16.0 Å². The first-order chi connectivity index (χ1) is 14.6. The number of hydrogen-bond donors (Lipinski definition) is 0. The Morgan fingerprint density at radius 3 is 2.55 bits per heavy atom. The second-order valence-corrected chi connectivity index (χ2v) is 10.2. The van der Waals surface area contributed by atoms with E-state index in [4.69, 9.17) is 11.6 Å². The number of nitro benzene ring substituents is 1. The van der Waals surface area contributed by atoms with Crippen LogP contribution in [0.3, 0.4) is 0 Å². The van der Waals surface area contributed by atoms with Crippen LogP contribution in [0.2, 0.25) is 5.02 Å². The summed E-state index contributed by atoms with van der Waals surface area (Å²) in [6.07, 6.45) is 1.85. The molecule has 0 unspecified atom stereocenters. The molecule has 2 aromatic rings. The Morgan fingerprint density at radius 2 is 1.94 bits per heavy atom. The van der Waals surface area contributed by atoms with Gasteiger partial charge in [-0.05, 0) is 54.7 Å². The number of carbonyl (C=O) groups excluding carboxylic acids is 1. The van der Waals surface area contributed by atoms with Crippen LogP contribution in [0.1, 0.15) is 35.7 Å². The molecule has 2 aromatic carbocycles. The van der Waals surface area contributed by atoms with Gasteiger partial charge in [-0.15, -0.1) is 0 Å². The number of nitro groups is 1. The van der Waals surface area contributed by atoms with E-state index < -0.39 is 14.9 Å². The van der Waals surface area contributed by atoms with Gasteiger partial charge in [0.2, 0.25) is 10.0 Å². The Kier molecular flexibility index (Phi) is 6.98. The average molecular weight is 466 g/mol. The van der Waals surface area contributed by atoms with Gasteiger partial charge < -0.3 is 4.90 Å². The van der Waals surface area contributed by atoms with Crippen LogP contribution in [0.15, 0.2) is 47.4 Å². The van der Waals surface area contributed by atoms with Gasteiger partial charge in [0.05, 0.1) is 9.82 Å². The summed E-state index contributed by atoms with van der Waals surface area (Å²) in [5, 5.41) is 11.3. The molecule has 166 valence electrons. The van der Waals surface area contributed by atoms with Crippen molar-refractivity contribution in [2.24, 2.45) is 5.92 Å². The Bertz CT molecular complexity index is 1090. The number of nitrogens with zero attached hydrogens (tertiary/aromatic N) is 3. The van der Waals surface area contributed by atoms with E-state index in [0.29, 0.717) is 35.2 Å². The van der Waals surface area contributed by atoms with Gasteiger partial charge in [0.1, 0.15) is 0 Å². The first kappa shape index (κ1) is 23.2. The van der Waals surface area contributed by atoms with E-state index in [9.17, 15) is 23.3 Å². The molecule has 1 aliphatic rings. The van der Waals surface area contributed by atoms with Gasteiger partial charge in [-0.2, -0.15) is 4.31 Å². The van der Waals surface area contributed by atoms with Crippen LogP contribution in [0.4, 0.5) is 5.69 Å². The minimum Gasteiger partial charge on any atom is -0.337 e. The molecule has 1 atom stereocenters. The molecule has 8 nitrogen and oxygen atoms in total. The standard InChI is InChI=1S/C21H24ClN3O5S/c1-15-4-3-11-24(13-15)31(29,30)19-8-5-16(6-9-19)21(26)23(2)14-17-12-18(25(27)28)7-10-20(17)22/h5-10,12,15H,3-4,11,13-14H2,1-2H3/t15-/m1/s1. The molecule has 0 saturated carbocycles. The first-order valence-corrected chi connectivity index (χ1v) is 11.7. The van der Waals surface area contributed by atoms with Gasteiger partial charge in [-0.25, -0.2) is 8.42 Å². The third-order valence-electron chi connectivity index (χ3n) is 5.35. The fraction of sp³-hybridized carbons (Fsp3) is 0.381. The van der Waals surface area contributed by atoms with Crippen molar-refractivity contribution in [2.45, 2.75) is 31.2 Å². The van der Waals surface area contributed by atoms with Crippen LogP contribution in [0.5, 0.6) is 0 Å². The Labute approximate surface area is 186 Å². The number of amides is 1. The molecule has 31 heavy (non-hydrogen) atoms. The number of rotatable bonds is 6. The largest absolute Gasteiger partial charge is 0.337 e. The topological polar surface area (TPSA) is 101 Å². The molecule has 10 heteroatoms. The van der Waals surface area contributed by atoms with Gasteiger partial charge in [-0.1, -0.05) is 18.5 Å². The normalized spacial score (nSPS) is 17.3. The maximum Gasteiger partial charge on any atom is 0.269 e. The van der Waals surface area contributed by atoms with Crippen molar-refractivity contribution in [2.75, 3.05) is 20.1 Å². The highest BCUT2D eigenvalue weighted by Gasteiger charge is 2.28. The molecule has 1 saturated heterocycles. The van der Waals surface area contributed by atoms with E-state index in [1.165, 1.54) is 51.7 Å². The predicted molar refractivity (Wildman–Crippen MR) is 118 cm³/mol. The molecule has 0 bridgehead atoms. The first-order valence-electron chi connectivity index (χ1n) is 9.88. The van der Waals surface area contributed by atoms with Crippen LogP contribution in [-0.2, 0) is 16.6 Å². The highest BCUT2D eigenvalue weighted by atomic mass is 35.5. The zero-order chi connectivity index (χ0) is 22.8. The summed E-state index contributed by atoms with van der Waals surface area (Å²) < 4.78 is 27.2. The smallest absolute Gasteiger partial charge is 0.269 e. The van der Waals surface area contributed by atoms with Gasteiger partial charge in [-0.3, -0.25) is 14.9 Å². The number of carbonyl (C=O) groups is 1. The third-order valence-corrected chi connectivity index (χ3v) is 7.60. The molecular weight excluding hydrogens is 442 g/mol. The molecule has 1 amide bonds. The Morgan fingerprint density at radius 1 is 1.26 bits per heavy atom. The van der Waals surface area contributed by atoms with Crippen LogP contribution in [-0.4, -0.2) is 48.6 Å². The quantitative estimate of drug-likeness (QED) is 0.475. The van der Waals surface area contributed by atoms with E-state index in [-0.39, 0.29) is 23.0 Å². The lowest BCUT2D eigenvalue weighted by Gasteiger charge is -2.30. The van der Waals surface area contributed by atoms with Crippen molar-refractivity contribution in [1.82, 2.24) is 9.21 Å². The molecule has 0 radical (unpaired) electrons. The van der Waals surface area contributed by atoms with Gasteiger partial charge in [0.15, 0.2) is 0 Å². The van der Waals surface area contributed by atoms with Crippen molar-refractivity contribution in [1.29, 1.82) is 0 Å². The summed E-state index contributed by atoms with van der Waals surface area (Å²) in [5.74, 6) is -0.0308. The molecule has 1 heterocycles. The van der Waals surface area contributed by atoms with E-state index in [2.05, 4.69) is 0 Å². The van der Waals surface area contributed by atoms with Crippen molar-refractivity contribution in [3.8, 4) is 0 Å². The van der Waals surface area contributed by atoms with Crippen molar-refractivity contribution < 1.29 is 18.1 Å². The number of benzene rings is 2. The summed E-state index contributed by atoms with van der Waals surface area (Å²) in [4.78, 5) is 24.8. The SMILES string of the molecule is C[C@@H]1CCCN(S(=O)(=O)c2ccc(C(=O)N(C)Cc3cc([N+](=O)[O-])ccc3Cl)cc2)C1. The Hall–Kier alpha value is -2.49. The van der Waals surface area contributed by atoms with Crippen LogP contribution < -0.4 is 0 Å². The maximum atomic E-state index is 12.9. The van der Waals surface area contributed by atoms with Crippen molar-refractivity contribution in [3.05, 3.63) is 68.7 Å². The lowest BCUT2D eigenvalue weighted by molar-refractivity contribution is -0.384. The molecule has 3 rings (SSSR count). The zero-order valence-electron chi connectivity index (χ0n) is 17.3. The van der Waals surface area contributed by atoms with E-state index >= 15 is 0 Å². The predicted octanol–water partition coefficient (Wildman–Crippen LogP) is 3.94. The lowest BCUT2D eigenvalue weighted by atomic mass is 10.0. The van der Waals surface area contributed by atoms with Gasteiger partial charge >= 0.3 is 0 Å². The minimum atomic E-state index is -3.60. The number of piperidine rings is 1. The fourth-order valence-electron chi connectivity index (χ4n) is 3.63. The number of halogens is 1. The van der Waals surface area contributed by atoms with E-state index in [1.54, 1.807) is 7.05 Å². The summed E-state index contributed by atoms with van der Waals surface area (Å²) in [7, 11) is -2.04. The molecule has 0 spiro atoms. The van der Waals surface area contributed by atoms with Gasteiger partial charge in [0, 0.05) is 49.4 Å². The van der Waals surface area contributed by atoms with Gasteiger partial charge in [0.25, 0.3) is 11.6 Å². The minimum absolute atomic E-state index is 0.0745.